The number of fused-ring (bicyclic) bond motifs is 1. The Kier molecular flexibility index (Phi) is 4.94. The number of aromatic nitrogens is 1. The van der Waals surface area contributed by atoms with E-state index in [4.69, 9.17) is 15.7 Å². The SMILES string of the molecule is CCN(CCOC)c1nc2ccccc2cc1C(N)=NO. The van der Waals surface area contributed by atoms with Crippen molar-refractivity contribution in [2.75, 3.05) is 31.7 Å². The lowest BCUT2D eigenvalue weighted by atomic mass is 10.1. The summed E-state index contributed by atoms with van der Waals surface area (Å²) in [5, 5.41) is 13.1. The van der Waals surface area contributed by atoms with Gasteiger partial charge >= 0.3 is 0 Å². The largest absolute Gasteiger partial charge is 0.409 e. The number of hydrogen-bond acceptors (Lipinski definition) is 5. The highest BCUT2D eigenvalue weighted by molar-refractivity contribution is 6.04. The van der Waals surface area contributed by atoms with Crippen molar-refractivity contribution in [1.82, 2.24) is 4.98 Å². The van der Waals surface area contributed by atoms with Crippen LogP contribution in [-0.2, 0) is 4.74 Å². The third-order valence-electron chi connectivity index (χ3n) is 3.33. The van der Waals surface area contributed by atoms with Crippen LogP contribution in [0.15, 0.2) is 35.5 Å². The summed E-state index contributed by atoms with van der Waals surface area (Å²) in [5.41, 5.74) is 7.30. The minimum atomic E-state index is 0.0547. The molecule has 2 aromatic rings. The summed E-state index contributed by atoms with van der Waals surface area (Å²) < 4.78 is 5.13. The van der Waals surface area contributed by atoms with Gasteiger partial charge in [-0.05, 0) is 19.1 Å². The molecule has 0 bridgehead atoms. The normalized spacial score (nSPS) is 11.8. The Morgan fingerprint density at radius 2 is 2.19 bits per heavy atom. The second-order valence-corrected chi connectivity index (χ2v) is 4.61. The van der Waals surface area contributed by atoms with Gasteiger partial charge in [0.05, 0.1) is 17.7 Å². The topological polar surface area (TPSA) is 84.0 Å². The summed E-state index contributed by atoms with van der Waals surface area (Å²) in [4.78, 5) is 6.71. The zero-order valence-corrected chi connectivity index (χ0v) is 12.3. The number of rotatable bonds is 6. The molecular formula is C15H20N4O2. The van der Waals surface area contributed by atoms with Crippen LogP contribution >= 0.6 is 0 Å². The van der Waals surface area contributed by atoms with E-state index in [2.05, 4.69) is 10.1 Å². The molecule has 0 saturated heterocycles. The van der Waals surface area contributed by atoms with E-state index in [0.717, 1.165) is 17.4 Å². The average Bonchev–Trinajstić information content (AvgIpc) is 2.54. The Labute approximate surface area is 123 Å². The van der Waals surface area contributed by atoms with Crippen LogP contribution in [0, 0.1) is 0 Å². The van der Waals surface area contributed by atoms with Gasteiger partial charge in [-0.1, -0.05) is 23.4 Å². The number of methoxy groups -OCH3 is 1. The van der Waals surface area contributed by atoms with E-state index in [1.165, 1.54) is 0 Å². The Morgan fingerprint density at radius 1 is 1.43 bits per heavy atom. The van der Waals surface area contributed by atoms with Crippen LogP contribution in [0.2, 0.25) is 0 Å². The molecule has 0 unspecified atom stereocenters. The lowest BCUT2D eigenvalue weighted by molar-refractivity contribution is 0.205. The van der Waals surface area contributed by atoms with Crippen LogP contribution in [0.3, 0.4) is 0 Å². The first-order chi connectivity index (χ1) is 10.2. The second kappa shape index (κ2) is 6.90. The molecule has 21 heavy (non-hydrogen) atoms. The summed E-state index contributed by atoms with van der Waals surface area (Å²) in [6, 6.07) is 9.66. The predicted octanol–water partition coefficient (Wildman–Crippen LogP) is 1.80. The number of ether oxygens (including phenoxy) is 1. The number of likely N-dealkylation sites (N-methyl/N-ethyl adjacent to an activating group) is 1. The quantitative estimate of drug-likeness (QED) is 0.366. The molecule has 0 saturated carbocycles. The zero-order chi connectivity index (χ0) is 15.2. The number of nitrogens with two attached hydrogens (primary N) is 1. The van der Waals surface area contributed by atoms with E-state index in [1.807, 2.05) is 42.2 Å². The monoisotopic (exact) mass is 288 g/mol. The van der Waals surface area contributed by atoms with Crippen molar-refractivity contribution < 1.29 is 9.94 Å². The van der Waals surface area contributed by atoms with Crippen LogP contribution in [0.1, 0.15) is 12.5 Å². The van der Waals surface area contributed by atoms with Crippen molar-refractivity contribution in [3.63, 3.8) is 0 Å². The van der Waals surface area contributed by atoms with Crippen molar-refractivity contribution >= 4 is 22.6 Å². The van der Waals surface area contributed by atoms with Crippen molar-refractivity contribution in [2.24, 2.45) is 10.9 Å². The van der Waals surface area contributed by atoms with Gasteiger partial charge in [0.25, 0.3) is 0 Å². The first kappa shape index (κ1) is 15.1. The summed E-state index contributed by atoms with van der Waals surface area (Å²) in [6.45, 7) is 4.05. The van der Waals surface area contributed by atoms with Gasteiger partial charge in [0, 0.05) is 25.6 Å². The van der Waals surface area contributed by atoms with E-state index in [-0.39, 0.29) is 5.84 Å². The molecule has 0 atom stereocenters. The maximum absolute atomic E-state index is 9.01. The van der Waals surface area contributed by atoms with Crippen molar-refractivity contribution in [1.29, 1.82) is 0 Å². The molecule has 0 radical (unpaired) electrons. The summed E-state index contributed by atoms with van der Waals surface area (Å²) in [7, 11) is 1.66. The second-order valence-electron chi connectivity index (χ2n) is 4.61. The van der Waals surface area contributed by atoms with Gasteiger partial charge in [0.15, 0.2) is 5.84 Å². The van der Waals surface area contributed by atoms with Crippen molar-refractivity contribution in [3.8, 4) is 0 Å². The van der Waals surface area contributed by atoms with E-state index in [1.54, 1.807) is 7.11 Å². The minimum absolute atomic E-state index is 0.0547. The molecule has 0 aliphatic heterocycles. The third-order valence-corrected chi connectivity index (χ3v) is 3.33. The maximum atomic E-state index is 9.01. The number of para-hydroxylation sites is 1. The Morgan fingerprint density at radius 3 is 2.86 bits per heavy atom. The minimum Gasteiger partial charge on any atom is -0.409 e. The lowest BCUT2D eigenvalue weighted by Crippen LogP contribution is -2.30. The smallest absolute Gasteiger partial charge is 0.173 e. The highest BCUT2D eigenvalue weighted by Gasteiger charge is 2.16. The molecule has 1 aromatic heterocycles. The molecule has 0 aliphatic carbocycles. The standard InChI is InChI=1S/C15H20N4O2/c1-3-19(8-9-21-2)15-12(14(16)18-20)10-11-6-4-5-7-13(11)17-15/h4-7,10,20H,3,8-9H2,1-2H3,(H2,16,18). The van der Waals surface area contributed by atoms with Gasteiger partial charge in [-0.3, -0.25) is 0 Å². The van der Waals surface area contributed by atoms with Gasteiger partial charge in [0.1, 0.15) is 5.82 Å². The van der Waals surface area contributed by atoms with E-state index in [9.17, 15) is 0 Å². The third kappa shape index (κ3) is 3.22. The molecule has 0 fully saturated rings. The fourth-order valence-corrected chi connectivity index (χ4v) is 2.20. The van der Waals surface area contributed by atoms with Gasteiger partial charge in [-0.15, -0.1) is 0 Å². The Balaban J connectivity index is 2.57. The molecule has 0 aliphatic rings. The van der Waals surface area contributed by atoms with Crippen LogP contribution in [0.25, 0.3) is 10.9 Å². The van der Waals surface area contributed by atoms with Crippen molar-refractivity contribution in [2.45, 2.75) is 6.92 Å². The average molecular weight is 288 g/mol. The molecule has 112 valence electrons. The summed E-state index contributed by atoms with van der Waals surface area (Å²) >= 11 is 0. The van der Waals surface area contributed by atoms with Gasteiger partial charge in [0.2, 0.25) is 0 Å². The number of amidine groups is 1. The number of oxime groups is 1. The van der Waals surface area contributed by atoms with E-state index in [0.29, 0.717) is 24.5 Å². The molecule has 0 spiro atoms. The summed E-state index contributed by atoms with van der Waals surface area (Å²) in [6.07, 6.45) is 0. The number of pyridine rings is 1. The zero-order valence-electron chi connectivity index (χ0n) is 12.3. The fourth-order valence-electron chi connectivity index (χ4n) is 2.20. The Hall–Kier alpha value is -2.34. The molecular weight excluding hydrogens is 268 g/mol. The number of hydrogen-bond donors (Lipinski definition) is 2. The molecule has 0 amide bonds. The van der Waals surface area contributed by atoms with Crippen LogP contribution in [-0.4, -0.2) is 42.8 Å². The summed E-state index contributed by atoms with van der Waals surface area (Å²) in [5.74, 6) is 0.752. The molecule has 6 heteroatoms. The number of nitrogens with zero attached hydrogens (tertiary/aromatic N) is 3. The Bertz CT molecular complexity index is 643. The first-order valence-corrected chi connectivity index (χ1v) is 6.82. The van der Waals surface area contributed by atoms with E-state index < -0.39 is 0 Å². The van der Waals surface area contributed by atoms with Crippen LogP contribution < -0.4 is 10.6 Å². The molecule has 3 N–H and O–H groups in total. The number of anilines is 1. The predicted molar refractivity (Wildman–Crippen MR) is 84.0 cm³/mol. The molecule has 6 nitrogen and oxygen atoms in total. The maximum Gasteiger partial charge on any atom is 0.173 e. The van der Waals surface area contributed by atoms with Gasteiger partial charge in [-0.25, -0.2) is 4.98 Å². The molecule has 2 rings (SSSR count). The van der Waals surface area contributed by atoms with Gasteiger partial charge in [-0.2, -0.15) is 0 Å². The fraction of sp³-hybridized carbons (Fsp3) is 0.333. The van der Waals surface area contributed by atoms with E-state index >= 15 is 0 Å². The van der Waals surface area contributed by atoms with Crippen molar-refractivity contribution in [3.05, 3.63) is 35.9 Å². The first-order valence-electron chi connectivity index (χ1n) is 6.82. The number of benzene rings is 1. The van der Waals surface area contributed by atoms with Gasteiger partial charge < -0.3 is 20.6 Å². The molecule has 1 heterocycles. The molecule has 1 aromatic carbocycles. The highest BCUT2D eigenvalue weighted by Crippen LogP contribution is 2.23. The van der Waals surface area contributed by atoms with Crippen LogP contribution in [0.5, 0.6) is 0 Å². The lowest BCUT2D eigenvalue weighted by Gasteiger charge is -2.24. The van der Waals surface area contributed by atoms with Crippen LogP contribution in [0.4, 0.5) is 5.82 Å². The highest BCUT2D eigenvalue weighted by atomic mass is 16.5.